The molecule has 0 aliphatic heterocycles. The molecule has 4 heteroatoms. The summed E-state index contributed by atoms with van der Waals surface area (Å²) in [6, 6.07) is 13.4. The summed E-state index contributed by atoms with van der Waals surface area (Å²) >= 11 is 13.7. The van der Waals surface area contributed by atoms with Gasteiger partial charge in [0.1, 0.15) is 0 Å². The third-order valence-corrected chi connectivity index (χ3v) is 4.38. The van der Waals surface area contributed by atoms with Crippen molar-refractivity contribution >= 4 is 35.0 Å². The Hall–Kier alpha value is -0.670. The van der Waals surface area contributed by atoms with Gasteiger partial charge in [0, 0.05) is 20.7 Å². The second-order valence-electron chi connectivity index (χ2n) is 4.27. The number of aliphatic hydroxyl groups is 1. The third kappa shape index (κ3) is 4.15. The van der Waals surface area contributed by atoms with Gasteiger partial charge in [-0.1, -0.05) is 41.4 Å². The Bertz CT molecular complexity index is 570. The van der Waals surface area contributed by atoms with E-state index in [1.807, 2.05) is 36.4 Å². The van der Waals surface area contributed by atoms with Gasteiger partial charge in [-0.3, -0.25) is 0 Å². The normalized spacial score (nSPS) is 12.4. The molecule has 1 unspecified atom stereocenters. The molecule has 0 fully saturated rings. The summed E-state index contributed by atoms with van der Waals surface area (Å²) in [4.78, 5) is 1.12. The summed E-state index contributed by atoms with van der Waals surface area (Å²) in [5.74, 6) is 0.777. The molecule has 1 N–H and O–H groups in total. The van der Waals surface area contributed by atoms with E-state index in [1.165, 1.54) is 0 Å². The highest BCUT2D eigenvalue weighted by Crippen LogP contribution is 2.29. The van der Waals surface area contributed by atoms with Crippen LogP contribution in [-0.4, -0.2) is 5.11 Å². The lowest BCUT2D eigenvalue weighted by Crippen LogP contribution is -1.90. The van der Waals surface area contributed by atoms with Crippen LogP contribution >= 0.6 is 35.0 Å². The van der Waals surface area contributed by atoms with E-state index in [9.17, 15) is 5.11 Å². The lowest BCUT2D eigenvalue weighted by Gasteiger charge is -2.08. The van der Waals surface area contributed by atoms with Crippen molar-refractivity contribution in [3.63, 3.8) is 0 Å². The third-order valence-electron chi connectivity index (χ3n) is 2.75. The SMILES string of the molecule is CC(O)c1cccc(SCc2ccc(Cl)cc2Cl)c1. The topological polar surface area (TPSA) is 20.2 Å². The van der Waals surface area contributed by atoms with Crippen molar-refractivity contribution < 1.29 is 5.11 Å². The summed E-state index contributed by atoms with van der Waals surface area (Å²) in [5, 5.41) is 10.9. The van der Waals surface area contributed by atoms with Crippen molar-refractivity contribution in [2.45, 2.75) is 23.7 Å². The van der Waals surface area contributed by atoms with Gasteiger partial charge in [-0.15, -0.1) is 11.8 Å². The lowest BCUT2D eigenvalue weighted by molar-refractivity contribution is 0.199. The molecule has 2 aromatic carbocycles. The van der Waals surface area contributed by atoms with Gasteiger partial charge in [-0.05, 0) is 42.3 Å². The lowest BCUT2D eigenvalue weighted by atomic mass is 10.1. The highest BCUT2D eigenvalue weighted by atomic mass is 35.5. The van der Waals surface area contributed by atoms with E-state index in [0.717, 1.165) is 21.8 Å². The van der Waals surface area contributed by atoms with Gasteiger partial charge in [0.05, 0.1) is 6.10 Å². The van der Waals surface area contributed by atoms with E-state index in [1.54, 1.807) is 24.8 Å². The van der Waals surface area contributed by atoms with Crippen LogP contribution in [0.3, 0.4) is 0 Å². The van der Waals surface area contributed by atoms with Crippen LogP contribution in [0.5, 0.6) is 0 Å². The van der Waals surface area contributed by atoms with E-state index in [-0.39, 0.29) is 0 Å². The van der Waals surface area contributed by atoms with Gasteiger partial charge in [0.2, 0.25) is 0 Å². The van der Waals surface area contributed by atoms with Gasteiger partial charge in [-0.2, -0.15) is 0 Å². The average Bonchev–Trinajstić information content (AvgIpc) is 2.38. The number of benzene rings is 2. The number of halogens is 2. The molecule has 1 nitrogen and oxygen atoms in total. The molecular weight excluding hydrogens is 299 g/mol. The van der Waals surface area contributed by atoms with Crippen molar-refractivity contribution in [1.29, 1.82) is 0 Å². The van der Waals surface area contributed by atoms with Crippen LogP contribution in [0, 0.1) is 0 Å². The first-order valence-electron chi connectivity index (χ1n) is 5.91. The van der Waals surface area contributed by atoms with Crippen LogP contribution in [-0.2, 0) is 5.75 Å². The first kappa shape index (κ1) is 14.7. The molecule has 0 radical (unpaired) electrons. The summed E-state index contributed by atoms with van der Waals surface area (Å²) < 4.78 is 0. The van der Waals surface area contributed by atoms with Crippen molar-refractivity contribution in [1.82, 2.24) is 0 Å². The second-order valence-corrected chi connectivity index (χ2v) is 6.17. The van der Waals surface area contributed by atoms with E-state index in [4.69, 9.17) is 23.2 Å². The van der Waals surface area contributed by atoms with Crippen molar-refractivity contribution in [2.24, 2.45) is 0 Å². The van der Waals surface area contributed by atoms with Crippen LogP contribution in [0.15, 0.2) is 47.4 Å². The molecule has 2 rings (SSSR count). The van der Waals surface area contributed by atoms with Gasteiger partial charge >= 0.3 is 0 Å². The predicted molar refractivity (Wildman–Crippen MR) is 83.1 cm³/mol. The fraction of sp³-hybridized carbons (Fsp3) is 0.200. The Morgan fingerprint density at radius 1 is 1.16 bits per heavy atom. The van der Waals surface area contributed by atoms with Crippen LogP contribution in [0.4, 0.5) is 0 Å². The molecule has 0 aliphatic carbocycles. The second kappa shape index (κ2) is 6.67. The maximum absolute atomic E-state index is 9.56. The predicted octanol–water partition coefficient (Wildman–Crippen LogP) is 5.34. The summed E-state index contributed by atoms with van der Waals surface area (Å²) in [5.41, 5.74) is 1.98. The van der Waals surface area contributed by atoms with Crippen molar-refractivity contribution in [3.05, 3.63) is 63.6 Å². The first-order chi connectivity index (χ1) is 9.06. The van der Waals surface area contributed by atoms with Crippen molar-refractivity contribution in [2.75, 3.05) is 0 Å². The van der Waals surface area contributed by atoms with Crippen LogP contribution in [0.1, 0.15) is 24.2 Å². The quantitative estimate of drug-likeness (QED) is 0.769. The Morgan fingerprint density at radius 3 is 2.63 bits per heavy atom. The molecule has 0 saturated heterocycles. The molecule has 100 valence electrons. The largest absolute Gasteiger partial charge is 0.389 e. The van der Waals surface area contributed by atoms with E-state index in [2.05, 4.69) is 0 Å². The van der Waals surface area contributed by atoms with Crippen LogP contribution < -0.4 is 0 Å². The number of thioether (sulfide) groups is 1. The zero-order valence-electron chi connectivity index (χ0n) is 10.4. The Balaban J connectivity index is 2.08. The minimum absolute atomic E-state index is 0.445. The molecule has 0 amide bonds. The van der Waals surface area contributed by atoms with Gasteiger partial charge in [0.25, 0.3) is 0 Å². The van der Waals surface area contributed by atoms with E-state index < -0.39 is 6.10 Å². The smallest absolute Gasteiger partial charge is 0.0762 e. The number of hydrogen-bond donors (Lipinski definition) is 1. The highest BCUT2D eigenvalue weighted by molar-refractivity contribution is 7.98. The summed E-state index contributed by atoms with van der Waals surface area (Å²) in [7, 11) is 0. The first-order valence-corrected chi connectivity index (χ1v) is 7.65. The van der Waals surface area contributed by atoms with Crippen LogP contribution in [0.2, 0.25) is 10.0 Å². The van der Waals surface area contributed by atoms with Crippen LogP contribution in [0.25, 0.3) is 0 Å². The molecule has 0 heterocycles. The molecule has 0 aromatic heterocycles. The zero-order valence-corrected chi connectivity index (χ0v) is 12.8. The summed E-state index contributed by atoms with van der Waals surface area (Å²) in [6.07, 6.45) is -0.445. The molecule has 2 aromatic rings. The van der Waals surface area contributed by atoms with Gasteiger partial charge in [-0.25, -0.2) is 0 Å². The fourth-order valence-electron chi connectivity index (χ4n) is 1.66. The number of aliphatic hydroxyl groups excluding tert-OH is 1. The standard InChI is InChI=1S/C15H14Cl2OS/c1-10(18)11-3-2-4-14(7-11)19-9-12-5-6-13(16)8-15(12)17/h2-8,10,18H,9H2,1H3. The van der Waals surface area contributed by atoms with Crippen molar-refractivity contribution in [3.8, 4) is 0 Å². The Kier molecular flexibility index (Phi) is 5.17. The fourth-order valence-corrected chi connectivity index (χ4v) is 3.19. The molecule has 0 bridgehead atoms. The summed E-state index contributed by atoms with van der Waals surface area (Å²) in [6.45, 7) is 1.76. The molecular formula is C15H14Cl2OS. The maximum Gasteiger partial charge on any atom is 0.0762 e. The molecule has 0 spiro atoms. The molecule has 19 heavy (non-hydrogen) atoms. The Labute approximate surface area is 127 Å². The Morgan fingerprint density at radius 2 is 1.95 bits per heavy atom. The monoisotopic (exact) mass is 312 g/mol. The average molecular weight is 313 g/mol. The number of rotatable bonds is 4. The minimum atomic E-state index is -0.445. The van der Waals surface area contributed by atoms with Gasteiger partial charge in [0.15, 0.2) is 0 Å². The highest BCUT2D eigenvalue weighted by Gasteiger charge is 2.05. The number of hydrogen-bond acceptors (Lipinski definition) is 2. The van der Waals surface area contributed by atoms with E-state index in [0.29, 0.717) is 10.0 Å². The molecule has 0 saturated carbocycles. The zero-order chi connectivity index (χ0) is 13.8. The maximum atomic E-state index is 9.56. The van der Waals surface area contributed by atoms with E-state index >= 15 is 0 Å². The minimum Gasteiger partial charge on any atom is -0.389 e. The molecule has 1 atom stereocenters. The molecule has 0 aliphatic rings. The van der Waals surface area contributed by atoms with Gasteiger partial charge < -0.3 is 5.11 Å².